The molecule has 0 spiro atoms. The predicted octanol–water partition coefficient (Wildman–Crippen LogP) is 1.79. The molecular weight excluding hydrogens is 518 g/mol. The lowest BCUT2D eigenvalue weighted by molar-refractivity contribution is -0.150. The van der Waals surface area contributed by atoms with Crippen LogP contribution in [0.2, 0.25) is 0 Å². The zero-order valence-corrected chi connectivity index (χ0v) is 23.2. The standard InChI is InChI=1S/C28H35N5O5S/c1-17-9-12-33(24(13-17)28(35)36)27(34)23(15-19-5-4-6-20(14-19)26(29)30)31-39(37,38)25-8-7-18(2)21-10-11-32(3)16-22(21)25/h4-9,14,23-24,31H,10-13,15-16H2,1-3H3,(H3,29,30)(H,35,36)/t23-,24+/m0/s1. The van der Waals surface area contributed by atoms with Gasteiger partial charge in [-0.1, -0.05) is 35.9 Å². The van der Waals surface area contributed by atoms with Crippen LogP contribution >= 0.6 is 0 Å². The Morgan fingerprint density at radius 3 is 2.64 bits per heavy atom. The number of benzene rings is 2. The van der Waals surface area contributed by atoms with Crippen molar-refractivity contribution in [1.29, 1.82) is 5.41 Å². The summed E-state index contributed by atoms with van der Waals surface area (Å²) in [5.74, 6) is -1.93. The van der Waals surface area contributed by atoms with E-state index in [0.717, 1.165) is 29.7 Å². The first kappa shape index (κ1) is 28.5. The average molecular weight is 554 g/mol. The van der Waals surface area contributed by atoms with Crippen molar-refractivity contribution in [3.63, 3.8) is 0 Å². The number of amidine groups is 1. The number of hydrogen-bond acceptors (Lipinski definition) is 6. The van der Waals surface area contributed by atoms with E-state index in [1.54, 1.807) is 42.5 Å². The van der Waals surface area contributed by atoms with Crippen LogP contribution in [0.25, 0.3) is 0 Å². The van der Waals surface area contributed by atoms with E-state index in [9.17, 15) is 23.1 Å². The largest absolute Gasteiger partial charge is 0.480 e. The second-order valence-corrected chi connectivity index (χ2v) is 12.1. The second-order valence-electron chi connectivity index (χ2n) is 10.4. The van der Waals surface area contributed by atoms with Gasteiger partial charge >= 0.3 is 5.97 Å². The number of nitrogens with zero attached hydrogens (tertiary/aromatic N) is 2. The molecule has 0 saturated heterocycles. The van der Waals surface area contributed by atoms with Crippen LogP contribution in [-0.4, -0.2) is 73.3 Å². The van der Waals surface area contributed by atoms with E-state index in [1.807, 2.05) is 20.9 Å². The third-order valence-corrected chi connectivity index (χ3v) is 9.01. The van der Waals surface area contributed by atoms with E-state index >= 15 is 0 Å². The molecule has 2 heterocycles. The predicted molar refractivity (Wildman–Crippen MR) is 148 cm³/mol. The highest BCUT2D eigenvalue weighted by Crippen LogP contribution is 2.29. The molecule has 0 fully saturated rings. The summed E-state index contributed by atoms with van der Waals surface area (Å²) in [7, 11) is -2.24. The zero-order chi connectivity index (χ0) is 28.5. The van der Waals surface area contributed by atoms with Crippen LogP contribution in [0.3, 0.4) is 0 Å². The van der Waals surface area contributed by atoms with Gasteiger partial charge in [0.1, 0.15) is 17.9 Å². The van der Waals surface area contributed by atoms with Crippen LogP contribution in [0, 0.1) is 12.3 Å². The molecule has 0 aromatic heterocycles. The highest BCUT2D eigenvalue weighted by molar-refractivity contribution is 7.89. The first-order valence-electron chi connectivity index (χ1n) is 12.8. The van der Waals surface area contributed by atoms with Gasteiger partial charge in [0.25, 0.3) is 0 Å². The number of fused-ring (bicyclic) bond motifs is 1. The van der Waals surface area contributed by atoms with Crippen molar-refractivity contribution in [2.75, 3.05) is 20.1 Å². The lowest BCUT2D eigenvalue weighted by Gasteiger charge is -2.35. The summed E-state index contributed by atoms with van der Waals surface area (Å²) in [6.07, 6.45) is 2.63. The molecule has 2 aliphatic heterocycles. The van der Waals surface area contributed by atoms with E-state index in [1.165, 1.54) is 4.90 Å². The smallest absolute Gasteiger partial charge is 0.326 e. The molecule has 5 N–H and O–H groups in total. The van der Waals surface area contributed by atoms with Crippen molar-refractivity contribution < 1.29 is 23.1 Å². The second kappa shape index (κ2) is 11.3. The van der Waals surface area contributed by atoms with Gasteiger partial charge in [-0.05, 0) is 74.5 Å². The Hall–Kier alpha value is -3.54. The number of rotatable bonds is 8. The molecule has 2 atom stereocenters. The Morgan fingerprint density at radius 1 is 1.21 bits per heavy atom. The molecule has 0 bridgehead atoms. The number of amides is 1. The van der Waals surface area contributed by atoms with E-state index in [0.29, 0.717) is 23.2 Å². The Bertz CT molecular complexity index is 1450. The average Bonchev–Trinajstić information content (AvgIpc) is 2.87. The summed E-state index contributed by atoms with van der Waals surface area (Å²) >= 11 is 0. The van der Waals surface area contributed by atoms with Gasteiger partial charge in [-0.25, -0.2) is 13.2 Å². The molecule has 0 aliphatic carbocycles. The van der Waals surface area contributed by atoms with Crippen molar-refractivity contribution in [3.8, 4) is 0 Å². The summed E-state index contributed by atoms with van der Waals surface area (Å²) in [6.45, 7) is 5.11. The maximum Gasteiger partial charge on any atom is 0.326 e. The summed E-state index contributed by atoms with van der Waals surface area (Å²) < 4.78 is 30.4. The SMILES string of the molecule is CC1=CCN(C(=O)[C@H](Cc2cccc(C(=N)N)c2)NS(=O)(=O)c2ccc(C)c3c2CN(C)CC3)[C@@H](C(=O)O)C1. The van der Waals surface area contributed by atoms with Crippen LogP contribution in [0.1, 0.15) is 41.2 Å². The molecule has 39 heavy (non-hydrogen) atoms. The topological polar surface area (TPSA) is 157 Å². The number of carboxylic acids is 1. The van der Waals surface area contributed by atoms with Crippen molar-refractivity contribution in [2.45, 2.75) is 56.6 Å². The molecule has 2 aromatic rings. The summed E-state index contributed by atoms with van der Waals surface area (Å²) in [5, 5.41) is 17.6. The van der Waals surface area contributed by atoms with Crippen LogP contribution in [0.4, 0.5) is 0 Å². The van der Waals surface area contributed by atoms with Gasteiger partial charge in [0.15, 0.2) is 0 Å². The number of likely N-dealkylation sites (N-methyl/N-ethyl adjacent to an activating group) is 1. The molecule has 2 aliphatic rings. The van der Waals surface area contributed by atoms with Gasteiger partial charge in [-0.2, -0.15) is 4.72 Å². The van der Waals surface area contributed by atoms with Gasteiger partial charge in [0.05, 0.1) is 4.90 Å². The molecule has 11 heteroatoms. The highest BCUT2D eigenvalue weighted by Gasteiger charge is 2.38. The number of carbonyl (C=O) groups is 2. The lowest BCUT2D eigenvalue weighted by atomic mass is 9.95. The van der Waals surface area contributed by atoms with Gasteiger partial charge in [-0.15, -0.1) is 0 Å². The molecule has 2 aromatic carbocycles. The number of aliphatic carboxylic acids is 1. The fourth-order valence-electron chi connectivity index (χ4n) is 5.29. The normalized spacial score (nSPS) is 18.7. The van der Waals surface area contributed by atoms with E-state index in [2.05, 4.69) is 9.62 Å². The fraction of sp³-hybridized carbons (Fsp3) is 0.393. The monoisotopic (exact) mass is 553 g/mol. The van der Waals surface area contributed by atoms with Crippen LogP contribution in [-0.2, 0) is 39.0 Å². The summed E-state index contributed by atoms with van der Waals surface area (Å²) in [4.78, 5) is 29.3. The fourth-order valence-corrected chi connectivity index (χ4v) is 6.73. The van der Waals surface area contributed by atoms with E-state index in [4.69, 9.17) is 11.1 Å². The Kier molecular flexibility index (Phi) is 8.24. The van der Waals surface area contributed by atoms with Crippen LogP contribution in [0.5, 0.6) is 0 Å². The maximum absolute atomic E-state index is 13.9. The number of nitrogens with two attached hydrogens (primary N) is 1. The van der Waals surface area contributed by atoms with Crippen LogP contribution < -0.4 is 10.5 Å². The summed E-state index contributed by atoms with van der Waals surface area (Å²) in [5.41, 5.74) is 10.3. The van der Waals surface area contributed by atoms with E-state index < -0.39 is 34.0 Å². The van der Waals surface area contributed by atoms with Crippen molar-refractivity contribution >= 4 is 27.7 Å². The maximum atomic E-state index is 13.9. The highest BCUT2D eigenvalue weighted by atomic mass is 32.2. The minimum atomic E-state index is -4.17. The number of aryl methyl sites for hydroxylation is 1. The minimum Gasteiger partial charge on any atom is -0.480 e. The Balaban J connectivity index is 1.74. The Labute approximate surface area is 229 Å². The lowest BCUT2D eigenvalue weighted by Crippen LogP contribution is -2.55. The summed E-state index contributed by atoms with van der Waals surface area (Å²) in [6, 6.07) is 7.67. The molecule has 0 saturated carbocycles. The molecule has 4 rings (SSSR count). The molecule has 0 radical (unpaired) electrons. The molecular formula is C28H35N5O5S. The van der Waals surface area contributed by atoms with Gasteiger partial charge in [-0.3, -0.25) is 10.2 Å². The zero-order valence-electron chi connectivity index (χ0n) is 22.4. The molecule has 0 unspecified atom stereocenters. The number of hydrogen-bond donors (Lipinski definition) is 4. The third-order valence-electron chi connectivity index (χ3n) is 7.45. The van der Waals surface area contributed by atoms with Crippen LogP contribution in [0.15, 0.2) is 52.9 Å². The number of carboxylic acid groups (broad SMARTS) is 1. The first-order valence-corrected chi connectivity index (χ1v) is 14.3. The van der Waals surface area contributed by atoms with Crippen molar-refractivity contribution in [2.24, 2.45) is 5.73 Å². The van der Waals surface area contributed by atoms with Gasteiger partial charge in [0.2, 0.25) is 15.9 Å². The van der Waals surface area contributed by atoms with Gasteiger partial charge < -0.3 is 20.6 Å². The molecule has 1 amide bonds. The number of nitrogen functional groups attached to an aromatic ring is 1. The van der Waals surface area contributed by atoms with Crippen molar-refractivity contribution in [1.82, 2.24) is 14.5 Å². The molecule has 208 valence electrons. The van der Waals surface area contributed by atoms with Gasteiger partial charge in [0, 0.05) is 25.2 Å². The number of sulfonamides is 1. The first-order chi connectivity index (χ1) is 18.4. The quantitative estimate of drug-likeness (QED) is 0.220. The van der Waals surface area contributed by atoms with E-state index in [-0.39, 0.29) is 30.1 Å². The molecule has 10 nitrogen and oxygen atoms in total. The third kappa shape index (κ3) is 6.21. The number of carbonyl (C=O) groups excluding carboxylic acids is 1. The minimum absolute atomic E-state index is 0.0430. The number of nitrogens with one attached hydrogen (secondary N) is 2. The van der Waals surface area contributed by atoms with Crippen molar-refractivity contribution in [3.05, 3.63) is 75.9 Å². The Morgan fingerprint density at radius 2 is 1.95 bits per heavy atom.